The third-order valence-electron chi connectivity index (χ3n) is 3.08. The second kappa shape index (κ2) is 5.64. The van der Waals surface area contributed by atoms with Crippen molar-refractivity contribution < 1.29 is 5.11 Å². The van der Waals surface area contributed by atoms with Crippen molar-refractivity contribution in [1.29, 1.82) is 0 Å². The van der Waals surface area contributed by atoms with Crippen LogP contribution in [0.15, 0.2) is 0 Å². The van der Waals surface area contributed by atoms with Gasteiger partial charge in [-0.25, -0.2) is 0 Å². The number of rotatable bonds is 6. The summed E-state index contributed by atoms with van der Waals surface area (Å²) in [5.74, 6) is 0.407. The van der Waals surface area contributed by atoms with E-state index in [9.17, 15) is 5.11 Å². The molecule has 0 aromatic heterocycles. The third-order valence-corrected chi connectivity index (χ3v) is 3.08. The monoisotopic (exact) mass is 186 g/mol. The molecule has 0 radical (unpaired) electrons. The molecule has 0 rings (SSSR count). The minimum Gasteiger partial charge on any atom is -0.393 e. The third kappa shape index (κ3) is 6.09. The van der Waals surface area contributed by atoms with E-state index in [2.05, 4.69) is 34.6 Å². The molecule has 0 spiro atoms. The standard InChI is InChI=1S/C12H26O/c1-6-12(4,5)9-7-8-11(13)10(2)3/h10-11,13H,6-9H2,1-5H3. The lowest BCUT2D eigenvalue weighted by molar-refractivity contribution is 0.108. The van der Waals surface area contributed by atoms with Gasteiger partial charge >= 0.3 is 0 Å². The van der Waals surface area contributed by atoms with E-state index in [-0.39, 0.29) is 6.10 Å². The lowest BCUT2D eigenvalue weighted by atomic mass is 9.84. The van der Waals surface area contributed by atoms with Crippen molar-refractivity contribution in [3.8, 4) is 0 Å². The van der Waals surface area contributed by atoms with Crippen LogP contribution in [-0.2, 0) is 0 Å². The molecule has 0 amide bonds. The van der Waals surface area contributed by atoms with Crippen molar-refractivity contribution in [1.82, 2.24) is 0 Å². The van der Waals surface area contributed by atoms with Crippen LogP contribution in [0.5, 0.6) is 0 Å². The van der Waals surface area contributed by atoms with Gasteiger partial charge in [-0.3, -0.25) is 0 Å². The Labute approximate surface area is 83.5 Å². The van der Waals surface area contributed by atoms with Gasteiger partial charge in [0.05, 0.1) is 6.10 Å². The van der Waals surface area contributed by atoms with Crippen LogP contribution in [0.3, 0.4) is 0 Å². The predicted octanol–water partition coefficient (Wildman–Crippen LogP) is 3.61. The average Bonchev–Trinajstić information content (AvgIpc) is 2.04. The minimum absolute atomic E-state index is 0.104. The van der Waals surface area contributed by atoms with E-state index in [1.54, 1.807) is 0 Å². The van der Waals surface area contributed by atoms with Crippen molar-refractivity contribution in [2.24, 2.45) is 11.3 Å². The lowest BCUT2D eigenvalue weighted by Gasteiger charge is -2.23. The van der Waals surface area contributed by atoms with Crippen LogP contribution in [0.2, 0.25) is 0 Å². The molecule has 1 nitrogen and oxygen atoms in total. The molecule has 0 aliphatic carbocycles. The Morgan fingerprint density at radius 1 is 1.23 bits per heavy atom. The molecule has 0 saturated heterocycles. The quantitative estimate of drug-likeness (QED) is 0.672. The van der Waals surface area contributed by atoms with Crippen LogP contribution < -0.4 is 0 Å². The zero-order valence-corrected chi connectivity index (χ0v) is 9.93. The molecule has 0 heterocycles. The van der Waals surface area contributed by atoms with Crippen molar-refractivity contribution in [3.05, 3.63) is 0 Å². The SMILES string of the molecule is CCC(C)(C)CCCC(O)C(C)C. The molecule has 80 valence electrons. The van der Waals surface area contributed by atoms with Gasteiger partial charge in [0.1, 0.15) is 0 Å². The summed E-state index contributed by atoms with van der Waals surface area (Å²) in [6.45, 7) is 11.0. The lowest BCUT2D eigenvalue weighted by Crippen LogP contribution is -2.16. The Hall–Kier alpha value is -0.0400. The fourth-order valence-corrected chi connectivity index (χ4v) is 1.30. The molecular formula is C12H26O. The highest BCUT2D eigenvalue weighted by Crippen LogP contribution is 2.27. The second-order valence-electron chi connectivity index (χ2n) is 5.22. The van der Waals surface area contributed by atoms with Crippen LogP contribution in [0.25, 0.3) is 0 Å². The number of hydrogen-bond donors (Lipinski definition) is 1. The van der Waals surface area contributed by atoms with Crippen LogP contribution >= 0.6 is 0 Å². The van der Waals surface area contributed by atoms with E-state index in [0.717, 1.165) is 12.8 Å². The summed E-state index contributed by atoms with van der Waals surface area (Å²) in [5, 5.41) is 9.60. The molecule has 0 bridgehead atoms. The first-order valence-electron chi connectivity index (χ1n) is 5.57. The summed E-state index contributed by atoms with van der Waals surface area (Å²) >= 11 is 0. The Morgan fingerprint density at radius 2 is 1.77 bits per heavy atom. The Balaban J connectivity index is 3.56. The molecular weight excluding hydrogens is 160 g/mol. The van der Waals surface area contributed by atoms with E-state index in [1.807, 2.05) is 0 Å². The van der Waals surface area contributed by atoms with Crippen molar-refractivity contribution >= 4 is 0 Å². The van der Waals surface area contributed by atoms with Crippen LogP contribution in [0.1, 0.15) is 60.3 Å². The van der Waals surface area contributed by atoms with Gasteiger partial charge in [-0.2, -0.15) is 0 Å². The number of hydrogen-bond acceptors (Lipinski definition) is 1. The fourth-order valence-electron chi connectivity index (χ4n) is 1.30. The van der Waals surface area contributed by atoms with Crippen molar-refractivity contribution in [2.45, 2.75) is 66.4 Å². The predicted molar refractivity (Wildman–Crippen MR) is 58.8 cm³/mol. The zero-order chi connectivity index (χ0) is 10.5. The Morgan fingerprint density at radius 3 is 2.15 bits per heavy atom. The van der Waals surface area contributed by atoms with Gasteiger partial charge < -0.3 is 5.11 Å². The summed E-state index contributed by atoms with van der Waals surface area (Å²) in [5.41, 5.74) is 0.455. The second-order valence-corrected chi connectivity index (χ2v) is 5.22. The number of aliphatic hydroxyl groups excluding tert-OH is 1. The van der Waals surface area contributed by atoms with Crippen LogP contribution in [0.4, 0.5) is 0 Å². The maximum atomic E-state index is 9.60. The molecule has 1 heteroatoms. The molecule has 0 aliphatic heterocycles. The van der Waals surface area contributed by atoms with E-state index in [0.29, 0.717) is 11.3 Å². The van der Waals surface area contributed by atoms with E-state index in [4.69, 9.17) is 0 Å². The van der Waals surface area contributed by atoms with Crippen LogP contribution in [0, 0.1) is 11.3 Å². The van der Waals surface area contributed by atoms with E-state index < -0.39 is 0 Å². The zero-order valence-electron chi connectivity index (χ0n) is 9.93. The molecule has 0 aromatic carbocycles. The first-order valence-corrected chi connectivity index (χ1v) is 5.57. The highest BCUT2D eigenvalue weighted by Gasteiger charge is 2.16. The molecule has 0 aromatic rings. The molecule has 13 heavy (non-hydrogen) atoms. The van der Waals surface area contributed by atoms with Gasteiger partial charge in [0.2, 0.25) is 0 Å². The summed E-state index contributed by atoms with van der Waals surface area (Å²) in [4.78, 5) is 0. The van der Waals surface area contributed by atoms with E-state index >= 15 is 0 Å². The maximum Gasteiger partial charge on any atom is 0.0563 e. The molecule has 0 fully saturated rings. The summed E-state index contributed by atoms with van der Waals surface area (Å²) in [6, 6.07) is 0. The summed E-state index contributed by atoms with van der Waals surface area (Å²) in [7, 11) is 0. The van der Waals surface area contributed by atoms with Crippen molar-refractivity contribution in [2.75, 3.05) is 0 Å². The topological polar surface area (TPSA) is 20.2 Å². The largest absolute Gasteiger partial charge is 0.393 e. The number of aliphatic hydroxyl groups is 1. The Kier molecular flexibility index (Phi) is 5.62. The summed E-state index contributed by atoms with van der Waals surface area (Å²) in [6.07, 6.45) is 4.46. The van der Waals surface area contributed by atoms with Gasteiger partial charge in [-0.05, 0) is 24.2 Å². The normalized spacial score (nSPS) is 15.0. The first kappa shape index (κ1) is 13.0. The Bertz CT molecular complexity index is 127. The highest BCUT2D eigenvalue weighted by molar-refractivity contribution is 4.68. The van der Waals surface area contributed by atoms with Gasteiger partial charge in [-0.1, -0.05) is 47.5 Å². The van der Waals surface area contributed by atoms with E-state index in [1.165, 1.54) is 12.8 Å². The van der Waals surface area contributed by atoms with Gasteiger partial charge in [0.15, 0.2) is 0 Å². The van der Waals surface area contributed by atoms with Gasteiger partial charge in [0.25, 0.3) is 0 Å². The average molecular weight is 186 g/mol. The molecule has 0 saturated carbocycles. The smallest absolute Gasteiger partial charge is 0.0563 e. The first-order chi connectivity index (χ1) is 5.89. The van der Waals surface area contributed by atoms with Crippen molar-refractivity contribution in [3.63, 3.8) is 0 Å². The highest BCUT2D eigenvalue weighted by atomic mass is 16.3. The van der Waals surface area contributed by atoms with Gasteiger partial charge in [-0.15, -0.1) is 0 Å². The van der Waals surface area contributed by atoms with Gasteiger partial charge in [0, 0.05) is 0 Å². The molecule has 0 aliphatic rings. The molecule has 1 N–H and O–H groups in total. The molecule has 1 unspecified atom stereocenters. The molecule has 1 atom stereocenters. The van der Waals surface area contributed by atoms with Crippen LogP contribution in [-0.4, -0.2) is 11.2 Å². The summed E-state index contributed by atoms with van der Waals surface area (Å²) < 4.78 is 0. The maximum absolute atomic E-state index is 9.60. The fraction of sp³-hybridized carbons (Fsp3) is 1.00. The minimum atomic E-state index is -0.104.